The highest BCUT2D eigenvalue weighted by Crippen LogP contribution is 2.33. The number of benzene rings is 3. The molecule has 3 aromatic carbocycles. The molecule has 0 radical (unpaired) electrons. The van der Waals surface area contributed by atoms with E-state index in [1.54, 1.807) is 0 Å². The zero-order chi connectivity index (χ0) is 21.8. The number of para-hydroxylation sites is 1. The van der Waals surface area contributed by atoms with Crippen LogP contribution in [0.2, 0.25) is 0 Å². The minimum Gasteiger partial charge on any atom is -0.484 e. The second-order valence-corrected chi connectivity index (χ2v) is 7.54. The van der Waals surface area contributed by atoms with Crippen LogP contribution in [0.5, 0.6) is 5.75 Å². The molecule has 0 aliphatic carbocycles. The molecular weight excluding hydrogens is 401 g/mol. The maximum Gasteiger partial charge on any atom is 0.416 e. The number of anilines is 1. The molecule has 1 aliphatic rings. The van der Waals surface area contributed by atoms with Gasteiger partial charge in [-0.15, -0.1) is 0 Å². The van der Waals surface area contributed by atoms with Crippen LogP contribution in [0, 0.1) is 0 Å². The molecular formula is C25H25F3N2O. The summed E-state index contributed by atoms with van der Waals surface area (Å²) in [5.41, 5.74) is 2.70. The summed E-state index contributed by atoms with van der Waals surface area (Å²) in [4.78, 5) is 0. The predicted molar refractivity (Wildman–Crippen MR) is 116 cm³/mol. The molecule has 0 N–H and O–H groups in total. The molecule has 0 saturated carbocycles. The molecule has 31 heavy (non-hydrogen) atoms. The van der Waals surface area contributed by atoms with E-state index >= 15 is 0 Å². The summed E-state index contributed by atoms with van der Waals surface area (Å²) in [5.74, 6) is 0.428. The summed E-state index contributed by atoms with van der Waals surface area (Å²) in [5, 5.41) is 4.50. The van der Waals surface area contributed by atoms with Gasteiger partial charge in [-0.25, -0.2) is 5.01 Å². The van der Waals surface area contributed by atoms with Crippen molar-refractivity contribution in [3.63, 3.8) is 0 Å². The van der Waals surface area contributed by atoms with Crippen molar-refractivity contribution in [2.75, 3.05) is 24.6 Å². The second-order valence-electron chi connectivity index (χ2n) is 7.54. The Morgan fingerprint density at radius 1 is 0.935 bits per heavy atom. The molecule has 162 valence electrons. The molecule has 1 heterocycles. The first-order valence-corrected chi connectivity index (χ1v) is 10.4. The Labute approximate surface area is 180 Å². The van der Waals surface area contributed by atoms with Crippen LogP contribution in [0.25, 0.3) is 0 Å². The van der Waals surface area contributed by atoms with E-state index in [0.29, 0.717) is 12.3 Å². The van der Waals surface area contributed by atoms with Crippen LogP contribution < -0.4 is 9.75 Å². The molecule has 0 saturated heterocycles. The first kappa shape index (κ1) is 21.2. The van der Waals surface area contributed by atoms with Crippen molar-refractivity contribution in [1.29, 1.82) is 0 Å². The summed E-state index contributed by atoms with van der Waals surface area (Å²) in [7, 11) is 0. The highest BCUT2D eigenvalue weighted by Gasteiger charge is 2.31. The van der Waals surface area contributed by atoms with Crippen LogP contribution in [-0.4, -0.2) is 24.6 Å². The van der Waals surface area contributed by atoms with E-state index in [9.17, 15) is 13.2 Å². The number of ether oxygens (including phenoxy) is 1. The van der Waals surface area contributed by atoms with Gasteiger partial charge in [-0.1, -0.05) is 42.5 Å². The SMILES string of the molecule is CCN(c1ccccc1)N1CCc2ccccc2C(Oc2ccc(C(F)(F)F)cc2)C1. The maximum absolute atomic E-state index is 12.9. The lowest BCUT2D eigenvalue weighted by atomic mass is 10.0. The number of halogens is 3. The van der Waals surface area contributed by atoms with Gasteiger partial charge < -0.3 is 9.75 Å². The lowest BCUT2D eigenvalue weighted by molar-refractivity contribution is -0.137. The summed E-state index contributed by atoms with van der Waals surface area (Å²) < 4.78 is 45.0. The smallest absolute Gasteiger partial charge is 0.416 e. The predicted octanol–water partition coefficient (Wildman–Crippen LogP) is 6.13. The topological polar surface area (TPSA) is 15.7 Å². The molecule has 1 atom stereocenters. The summed E-state index contributed by atoms with van der Waals surface area (Å²) in [6.07, 6.45) is -3.79. The highest BCUT2D eigenvalue weighted by molar-refractivity contribution is 5.45. The van der Waals surface area contributed by atoms with Gasteiger partial charge in [0.25, 0.3) is 0 Å². The molecule has 1 unspecified atom stereocenters. The van der Waals surface area contributed by atoms with Crippen molar-refractivity contribution in [1.82, 2.24) is 5.01 Å². The Bertz CT molecular complexity index is 990. The van der Waals surface area contributed by atoms with Gasteiger partial charge in [-0.2, -0.15) is 13.2 Å². The zero-order valence-electron chi connectivity index (χ0n) is 17.3. The summed E-state index contributed by atoms with van der Waals surface area (Å²) in [6, 6.07) is 23.2. The lowest BCUT2D eigenvalue weighted by Crippen LogP contribution is -2.45. The van der Waals surface area contributed by atoms with Gasteiger partial charge in [0.05, 0.1) is 17.8 Å². The van der Waals surface area contributed by atoms with E-state index in [1.807, 2.05) is 36.4 Å². The molecule has 0 bridgehead atoms. The fourth-order valence-corrected chi connectivity index (χ4v) is 4.06. The Morgan fingerprint density at radius 2 is 1.61 bits per heavy atom. The van der Waals surface area contributed by atoms with Gasteiger partial charge >= 0.3 is 6.18 Å². The third-order valence-electron chi connectivity index (χ3n) is 5.57. The van der Waals surface area contributed by atoms with Gasteiger partial charge in [0, 0.05) is 13.1 Å². The van der Waals surface area contributed by atoms with E-state index in [0.717, 1.165) is 42.9 Å². The van der Waals surface area contributed by atoms with Crippen molar-refractivity contribution in [2.24, 2.45) is 0 Å². The number of alkyl halides is 3. The van der Waals surface area contributed by atoms with Crippen molar-refractivity contribution in [3.05, 3.63) is 95.6 Å². The minimum absolute atomic E-state index is 0.298. The quantitative estimate of drug-likeness (QED) is 0.488. The van der Waals surface area contributed by atoms with Crippen LogP contribution in [0.1, 0.15) is 29.7 Å². The number of hydrogen-bond acceptors (Lipinski definition) is 3. The largest absolute Gasteiger partial charge is 0.484 e. The summed E-state index contributed by atoms with van der Waals surface area (Å²) in [6.45, 7) is 4.33. The second kappa shape index (κ2) is 9.02. The first-order valence-electron chi connectivity index (χ1n) is 10.4. The summed E-state index contributed by atoms with van der Waals surface area (Å²) >= 11 is 0. The Morgan fingerprint density at radius 3 is 2.29 bits per heavy atom. The monoisotopic (exact) mass is 426 g/mol. The van der Waals surface area contributed by atoms with Crippen LogP contribution in [0.4, 0.5) is 18.9 Å². The van der Waals surface area contributed by atoms with Gasteiger partial charge in [0.15, 0.2) is 0 Å². The van der Waals surface area contributed by atoms with Crippen LogP contribution >= 0.6 is 0 Å². The fourth-order valence-electron chi connectivity index (χ4n) is 4.06. The lowest BCUT2D eigenvalue weighted by Gasteiger charge is -2.36. The zero-order valence-corrected chi connectivity index (χ0v) is 17.3. The van der Waals surface area contributed by atoms with E-state index in [2.05, 4.69) is 35.1 Å². The normalized spacial score (nSPS) is 17.0. The fraction of sp³-hybridized carbons (Fsp3) is 0.280. The maximum atomic E-state index is 12.9. The average molecular weight is 426 g/mol. The van der Waals surface area contributed by atoms with Crippen molar-refractivity contribution >= 4 is 5.69 Å². The van der Waals surface area contributed by atoms with E-state index in [1.165, 1.54) is 17.7 Å². The standard InChI is InChI=1S/C25H25F3N2O/c1-2-30(21-9-4-3-5-10-21)29-17-16-19-8-6-7-11-23(19)24(18-29)31-22-14-12-20(13-15-22)25(26,27)28/h3-15,24H,2,16-18H2,1H3. The van der Waals surface area contributed by atoms with Crippen LogP contribution in [0.15, 0.2) is 78.9 Å². The van der Waals surface area contributed by atoms with Gasteiger partial charge in [-0.3, -0.25) is 0 Å². The number of hydrazine groups is 1. The van der Waals surface area contributed by atoms with Gasteiger partial charge in [0.2, 0.25) is 0 Å². The Kier molecular flexibility index (Phi) is 6.18. The molecule has 3 aromatic rings. The molecule has 0 spiro atoms. The van der Waals surface area contributed by atoms with Crippen molar-refractivity contribution in [3.8, 4) is 5.75 Å². The van der Waals surface area contributed by atoms with Gasteiger partial charge in [0.1, 0.15) is 11.9 Å². The Balaban J connectivity index is 1.62. The number of fused-ring (bicyclic) bond motifs is 1. The highest BCUT2D eigenvalue weighted by atomic mass is 19.4. The molecule has 3 nitrogen and oxygen atoms in total. The number of nitrogens with zero attached hydrogens (tertiary/aromatic N) is 2. The third-order valence-corrected chi connectivity index (χ3v) is 5.57. The molecule has 0 fully saturated rings. The van der Waals surface area contributed by atoms with E-state index < -0.39 is 11.7 Å². The Hall–Kier alpha value is -2.99. The molecule has 4 rings (SSSR count). The molecule has 1 aliphatic heterocycles. The van der Waals surface area contributed by atoms with Crippen molar-refractivity contribution < 1.29 is 17.9 Å². The van der Waals surface area contributed by atoms with Gasteiger partial charge in [-0.05, 0) is 60.9 Å². The van der Waals surface area contributed by atoms with E-state index in [-0.39, 0.29) is 6.10 Å². The average Bonchev–Trinajstić information content (AvgIpc) is 2.95. The van der Waals surface area contributed by atoms with E-state index in [4.69, 9.17) is 4.74 Å². The molecule has 0 aromatic heterocycles. The van der Waals surface area contributed by atoms with Crippen LogP contribution in [0.3, 0.4) is 0 Å². The molecule has 0 amide bonds. The van der Waals surface area contributed by atoms with Crippen molar-refractivity contribution in [2.45, 2.75) is 25.6 Å². The molecule has 6 heteroatoms. The third kappa shape index (κ3) is 4.85. The number of hydrogen-bond donors (Lipinski definition) is 0. The minimum atomic E-state index is -4.36. The van der Waals surface area contributed by atoms with Crippen LogP contribution in [-0.2, 0) is 12.6 Å². The first-order chi connectivity index (χ1) is 15.0. The number of rotatable bonds is 5.